The minimum atomic E-state index is -1.28. The van der Waals surface area contributed by atoms with Crippen LogP contribution in [-0.2, 0) is 10.3 Å². The third-order valence-corrected chi connectivity index (χ3v) is 5.32. The Balaban J connectivity index is 1.62. The Kier molecular flexibility index (Phi) is 4.04. The molecule has 3 heterocycles. The molecule has 0 saturated carbocycles. The van der Waals surface area contributed by atoms with E-state index in [1.165, 1.54) is 22.3 Å². The number of tetrazole rings is 1. The number of nitrogens with one attached hydrogen (secondary N) is 1. The van der Waals surface area contributed by atoms with Crippen LogP contribution >= 0.6 is 11.3 Å². The van der Waals surface area contributed by atoms with Gasteiger partial charge in [0.25, 0.3) is 5.91 Å². The molecular weight excluding hydrogens is 368 g/mol. The van der Waals surface area contributed by atoms with Gasteiger partial charge in [0.05, 0.1) is 17.1 Å². The van der Waals surface area contributed by atoms with E-state index in [0.717, 1.165) is 4.90 Å². The van der Waals surface area contributed by atoms with E-state index in [-0.39, 0.29) is 12.3 Å². The summed E-state index contributed by atoms with van der Waals surface area (Å²) in [6.45, 7) is 1.31. The highest BCUT2D eigenvalue weighted by Crippen LogP contribution is 2.30. The van der Waals surface area contributed by atoms with Crippen molar-refractivity contribution < 1.29 is 14.4 Å². The molecule has 3 aromatic rings. The molecule has 0 bridgehead atoms. The third-order valence-electron chi connectivity index (χ3n) is 4.41. The van der Waals surface area contributed by atoms with Crippen molar-refractivity contribution in [1.29, 1.82) is 0 Å². The van der Waals surface area contributed by atoms with Crippen molar-refractivity contribution in [3.05, 3.63) is 58.5 Å². The van der Waals surface area contributed by atoms with E-state index in [9.17, 15) is 14.4 Å². The van der Waals surface area contributed by atoms with Crippen LogP contribution in [0.15, 0.2) is 48.1 Å². The number of Topliss-reactive ketones (excluding diaryl/α,β-unsaturated/α-hetero) is 1. The summed E-state index contributed by atoms with van der Waals surface area (Å²) in [6, 6.07) is 9.80. The Labute approximate surface area is 157 Å². The topological polar surface area (TPSA) is 110 Å². The molecule has 1 atom stereocenters. The molecule has 1 aromatic carbocycles. The summed E-state index contributed by atoms with van der Waals surface area (Å²) in [7, 11) is 0. The smallest absolute Gasteiger partial charge is 0.319 e. The molecule has 2 aromatic heterocycles. The molecule has 1 saturated heterocycles. The zero-order valence-electron chi connectivity index (χ0n) is 14.2. The first-order valence-electron chi connectivity index (χ1n) is 8.04. The molecule has 0 radical (unpaired) electrons. The molecule has 1 aliphatic heterocycles. The van der Waals surface area contributed by atoms with E-state index in [4.69, 9.17) is 0 Å². The molecule has 4 rings (SSSR count). The van der Waals surface area contributed by atoms with Crippen molar-refractivity contribution >= 4 is 29.1 Å². The standard InChI is InChI=1S/C17H14N6O3S/c1-17(11-4-2-5-12(8-11)23-10-18-20-21-23)15(25)22(16(26)19-17)9-13(24)14-6-3-7-27-14/h2-8,10H,9H2,1H3,(H,19,26)/t17-/m0/s1. The highest BCUT2D eigenvalue weighted by atomic mass is 32.1. The number of amides is 3. The third kappa shape index (κ3) is 2.89. The summed E-state index contributed by atoms with van der Waals surface area (Å²) in [6.07, 6.45) is 1.43. The van der Waals surface area contributed by atoms with Crippen molar-refractivity contribution in [2.75, 3.05) is 6.54 Å². The van der Waals surface area contributed by atoms with Gasteiger partial charge in [0, 0.05) is 0 Å². The number of benzene rings is 1. The minimum Gasteiger partial charge on any atom is -0.319 e. The fraction of sp³-hybridized carbons (Fsp3) is 0.176. The molecule has 1 aliphatic rings. The van der Waals surface area contributed by atoms with E-state index >= 15 is 0 Å². The van der Waals surface area contributed by atoms with Gasteiger partial charge in [-0.1, -0.05) is 18.2 Å². The van der Waals surface area contributed by atoms with E-state index < -0.39 is 17.5 Å². The molecule has 27 heavy (non-hydrogen) atoms. The van der Waals surface area contributed by atoms with E-state index in [2.05, 4.69) is 20.8 Å². The van der Waals surface area contributed by atoms with Crippen LogP contribution in [0.3, 0.4) is 0 Å². The lowest BCUT2D eigenvalue weighted by Crippen LogP contribution is -2.41. The quantitative estimate of drug-likeness (QED) is 0.527. The maximum atomic E-state index is 13.0. The SMILES string of the molecule is C[C@@]1(c2cccc(-n3cnnn3)c2)NC(=O)N(CC(=O)c2cccs2)C1=O. The fourth-order valence-electron chi connectivity index (χ4n) is 2.93. The van der Waals surface area contributed by atoms with Crippen molar-refractivity contribution in [3.8, 4) is 5.69 Å². The second-order valence-electron chi connectivity index (χ2n) is 6.15. The Morgan fingerprint density at radius 3 is 2.81 bits per heavy atom. The normalized spacial score (nSPS) is 19.4. The van der Waals surface area contributed by atoms with Gasteiger partial charge in [-0.3, -0.25) is 14.5 Å². The van der Waals surface area contributed by atoms with Gasteiger partial charge >= 0.3 is 6.03 Å². The van der Waals surface area contributed by atoms with Gasteiger partial charge in [0.2, 0.25) is 0 Å². The van der Waals surface area contributed by atoms with Crippen LogP contribution in [0.2, 0.25) is 0 Å². The molecule has 1 N–H and O–H groups in total. The highest BCUT2D eigenvalue weighted by Gasteiger charge is 2.49. The van der Waals surface area contributed by atoms with Crippen molar-refractivity contribution in [1.82, 2.24) is 30.4 Å². The zero-order chi connectivity index (χ0) is 19.0. The number of carbonyl (C=O) groups excluding carboxylic acids is 3. The van der Waals surface area contributed by atoms with Gasteiger partial charge in [-0.05, 0) is 46.5 Å². The second kappa shape index (κ2) is 6.40. The summed E-state index contributed by atoms with van der Waals surface area (Å²) < 4.78 is 1.45. The summed E-state index contributed by atoms with van der Waals surface area (Å²) in [5.74, 6) is -0.758. The van der Waals surface area contributed by atoms with Gasteiger partial charge in [-0.15, -0.1) is 16.4 Å². The summed E-state index contributed by atoms with van der Waals surface area (Å²) in [4.78, 5) is 39.2. The lowest BCUT2D eigenvalue weighted by Gasteiger charge is -2.22. The number of hydrogen-bond acceptors (Lipinski definition) is 7. The van der Waals surface area contributed by atoms with Crippen LogP contribution in [0.1, 0.15) is 22.2 Å². The monoisotopic (exact) mass is 382 g/mol. The molecule has 0 unspecified atom stereocenters. The first-order valence-corrected chi connectivity index (χ1v) is 8.92. The van der Waals surface area contributed by atoms with Gasteiger partial charge in [0.1, 0.15) is 11.9 Å². The summed E-state index contributed by atoms with van der Waals surface area (Å²) >= 11 is 1.27. The number of nitrogens with zero attached hydrogens (tertiary/aromatic N) is 5. The van der Waals surface area contributed by atoms with Crippen LogP contribution in [0, 0.1) is 0 Å². The Hall–Kier alpha value is -3.40. The van der Waals surface area contributed by atoms with Crippen molar-refractivity contribution in [2.24, 2.45) is 0 Å². The highest BCUT2D eigenvalue weighted by molar-refractivity contribution is 7.12. The second-order valence-corrected chi connectivity index (χ2v) is 7.10. The predicted molar refractivity (Wildman–Crippen MR) is 95.4 cm³/mol. The average molecular weight is 382 g/mol. The van der Waals surface area contributed by atoms with Crippen LogP contribution in [-0.4, -0.2) is 49.4 Å². The number of urea groups is 1. The Bertz CT molecular complexity index is 1020. The van der Waals surface area contributed by atoms with Gasteiger partial charge in [-0.25, -0.2) is 9.48 Å². The fourth-order valence-corrected chi connectivity index (χ4v) is 3.59. The van der Waals surface area contributed by atoms with Gasteiger partial charge in [0.15, 0.2) is 5.78 Å². The van der Waals surface area contributed by atoms with Gasteiger partial charge in [-0.2, -0.15) is 0 Å². The Morgan fingerprint density at radius 2 is 2.11 bits per heavy atom. The number of imide groups is 1. The molecule has 1 fully saturated rings. The van der Waals surface area contributed by atoms with E-state index in [0.29, 0.717) is 16.1 Å². The number of thiophene rings is 1. The first kappa shape index (κ1) is 17.0. The maximum absolute atomic E-state index is 13.0. The lowest BCUT2D eigenvalue weighted by molar-refractivity contribution is -0.130. The molecule has 0 aliphatic carbocycles. The lowest BCUT2D eigenvalue weighted by atomic mass is 9.91. The molecule has 10 heteroatoms. The first-order chi connectivity index (χ1) is 13.0. The van der Waals surface area contributed by atoms with Crippen molar-refractivity contribution in [3.63, 3.8) is 0 Å². The Morgan fingerprint density at radius 1 is 1.26 bits per heavy atom. The van der Waals surface area contributed by atoms with Crippen molar-refractivity contribution in [2.45, 2.75) is 12.5 Å². The number of ketones is 1. The van der Waals surface area contributed by atoms with Crippen LogP contribution < -0.4 is 5.32 Å². The maximum Gasteiger partial charge on any atom is 0.325 e. The number of rotatable bonds is 5. The molecule has 0 spiro atoms. The summed E-state index contributed by atoms with van der Waals surface area (Å²) in [5.41, 5.74) is -0.0644. The van der Waals surface area contributed by atoms with E-state index in [1.807, 2.05) is 0 Å². The number of aromatic nitrogens is 4. The minimum absolute atomic E-state index is 0.278. The average Bonchev–Trinajstić information content (AvgIpc) is 3.41. The number of hydrogen-bond donors (Lipinski definition) is 1. The van der Waals surface area contributed by atoms with Crippen LogP contribution in [0.4, 0.5) is 4.79 Å². The number of carbonyl (C=O) groups is 3. The summed E-state index contributed by atoms with van der Waals surface area (Å²) in [5, 5.41) is 15.5. The molecule has 136 valence electrons. The predicted octanol–water partition coefficient (Wildman–Crippen LogP) is 1.37. The molecular formula is C17H14N6O3S. The van der Waals surface area contributed by atoms with Crippen LogP contribution in [0.25, 0.3) is 5.69 Å². The zero-order valence-corrected chi connectivity index (χ0v) is 15.0. The largest absolute Gasteiger partial charge is 0.325 e. The molecule has 3 amide bonds. The van der Waals surface area contributed by atoms with Crippen LogP contribution in [0.5, 0.6) is 0 Å². The van der Waals surface area contributed by atoms with Gasteiger partial charge < -0.3 is 5.32 Å². The van der Waals surface area contributed by atoms with E-state index in [1.54, 1.807) is 48.7 Å². The molecule has 9 nitrogen and oxygen atoms in total.